The SMILES string of the molecule is Cc1ccc(S(=O)(=O)NCCn2nc(-c3ccc(Cl)cc3)ccc2=O)cc1C. The van der Waals surface area contributed by atoms with Gasteiger partial charge in [-0.15, -0.1) is 0 Å². The quantitative estimate of drug-likeness (QED) is 0.668. The van der Waals surface area contributed by atoms with Crippen LogP contribution >= 0.6 is 11.6 Å². The molecular formula is C20H20ClN3O3S. The van der Waals surface area contributed by atoms with Crippen molar-refractivity contribution in [3.8, 4) is 11.3 Å². The van der Waals surface area contributed by atoms with Gasteiger partial charge in [0.15, 0.2) is 0 Å². The van der Waals surface area contributed by atoms with Crippen molar-refractivity contribution < 1.29 is 8.42 Å². The number of aryl methyl sites for hydroxylation is 2. The highest BCUT2D eigenvalue weighted by Gasteiger charge is 2.14. The summed E-state index contributed by atoms with van der Waals surface area (Å²) in [6, 6.07) is 15.1. The average Bonchev–Trinajstić information content (AvgIpc) is 2.66. The van der Waals surface area contributed by atoms with Crippen molar-refractivity contribution in [2.45, 2.75) is 25.3 Å². The van der Waals surface area contributed by atoms with Crippen LogP contribution in [0, 0.1) is 13.8 Å². The third-order valence-corrected chi connectivity index (χ3v) is 6.12. The lowest BCUT2D eigenvalue weighted by Crippen LogP contribution is -2.32. The zero-order chi connectivity index (χ0) is 20.3. The molecule has 0 aliphatic heterocycles. The molecule has 3 aromatic rings. The Morgan fingerprint density at radius 3 is 2.39 bits per heavy atom. The van der Waals surface area contributed by atoms with Crippen molar-refractivity contribution in [3.63, 3.8) is 0 Å². The third-order valence-electron chi connectivity index (χ3n) is 4.41. The van der Waals surface area contributed by atoms with Gasteiger partial charge in [-0.2, -0.15) is 5.10 Å². The Morgan fingerprint density at radius 1 is 1.00 bits per heavy atom. The molecule has 1 aromatic heterocycles. The fourth-order valence-electron chi connectivity index (χ4n) is 2.63. The van der Waals surface area contributed by atoms with Crippen LogP contribution in [0.15, 0.2) is 64.3 Å². The first-order valence-electron chi connectivity index (χ1n) is 8.67. The van der Waals surface area contributed by atoms with Gasteiger partial charge >= 0.3 is 0 Å². The van der Waals surface area contributed by atoms with Crippen LogP contribution < -0.4 is 10.3 Å². The van der Waals surface area contributed by atoms with E-state index in [9.17, 15) is 13.2 Å². The Kier molecular flexibility index (Phi) is 5.98. The predicted molar refractivity (Wildman–Crippen MR) is 110 cm³/mol. The molecule has 28 heavy (non-hydrogen) atoms. The van der Waals surface area contributed by atoms with Crippen molar-refractivity contribution in [2.24, 2.45) is 0 Å². The molecule has 0 aliphatic carbocycles. The van der Waals surface area contributed by atoms with Crippen LogP contribution in [0.1, 0.15) is 11.1 Å². The number of hydrogen-bond acceptors (Lipinski definition) is 4. The lowest BCUT2D eigenvalue weighted by Gasteiger charge is -2.10. The van der Waals surface area contributed by atoms with Gasteiger partial charge in [0, 0.05) is 23.2 Å². The Balaban J connectivity index is 1.73. The number of nitrogens with one attached hydrogen (secondary N) is 1. The first-order valence-corrected chi connectivity index (χ1v) is 10.5. The minimum Gasteiger partial charge on any atom is -0.268 e. The van der Waals surface area contributed by atoms with Crippen LogP contribution in [0.2, 0.25) is 5.02 Å². The highest BCUT2D eigenvalue weighted by molar-refractivity contribution is 7.89. The highest BCUT2D eigenvalue weighted by atomic mass is 35.5. The van der Waals surface area contributed by atoms with Crippen LogP contribution in [0.5, 0.6) is 0 Å². The van der Waals surface area contributed by atoms with Crippen molar-refractivity contribution in [1.29, 1.82) is 0 Å². The molecule has 3 rings (SSSR count). The van der Waals surface area contributed by atoms with Gasteiger partial charge in [-0.1, -0.05) is 29.8 Å². The molecule has 146 valence electrons. The Morgan fingerprint density at radius 2 is 1.71 bits per heavy atom. The fourth-order valence-corrected chi connectivity index (χ4v) is 3.87. The van der Waals surface area contributed by atoms with E-state index in [1.807, 2.05) is 26.0 Å². The van der Waals surface area contributed by atoms with Gasteiger partial charge in [-0.3, -0.25) is 4.79 Å². The van der Waals surface area contributed by atoms with E-state index < -0.39 is 10.0 Å². The van der Waals surface area contributed by atoms with E-state index >= 15 is 0 Å². The van der Waals surface area contributed by atoms with E-state index in [1.165, 1.54) is 10.7 Å². The molecule has 0 bridgehead atoms. The number of hydrogen-bond donors (Lipinski definition) is 1. The van der Waals surface area contributed by atoms with Crippen molar-refractivity contribution >= 4 is 21.6 Å². The molecule has 1 N–H and O–H groups in total. The summed E-state index contributed by atoms with van der Waals surface area (Å²) in [7, 11) is -3.66. The minimum absolute atomic E-state index is 0.0479. The zero-order valence-corrected chi connectivity index (χ0v) is 17.1. The number of sulfonamides is 1. The molecular weight excluding hydrogens is 398 g/mol. The maximum Gasteiger partial charge on any atom is 0.266 e. The maximum atomic E-state index is 12.5. The summed E-state index contributed by atoms with van der Waals surface area (Å²) >= 11 is 5.89. The summed E-state index contributed by atoms with van der Waals surface area (Å²) in [6.07, 6.45) is 0. The first-order chi connectivity index (χ1) is 13.3. The molecule has 0 fully saturated rings. The van der Waals surface area contributed by atoms with Crippen molar-refractivity contribution in [3.05, 3.63) is 81.1 Å². The zero-order valence-electron chi connectivity index (χ0n) is 15.5. The largest absolute Gasteiger partial charge is 0.268 e. The van der Waals surface area contributed by atoms with Crippen molar-refractivity contribution in [2.75, 3.05) is 6.54 Å². The first kappa shape index (κ1) is 20.3. The monoisotopic (exact) mass is 417 g/mol. The molecule has 0 aliphatic rings. The molecule has 0 radical (unpaired) electrons. The van der Waals surface area contributed by atoms with Crippen LogP contribution in [0.4, 0.5) is 0 Å². The van der Waals surface area contributed by atoms with E-state index in [1.54, 1.807) is 36.4 Å². The minimum atomic E-state index is -3.66. The predicted octanol–water partition coefficient (Wildman–Crippen LogP) is 3.16. The van der Waals surface area contributed by atoms with Gasteiger partial charge in [0.05, 0.1) is 17.1 Å². The van der Waals surface area contributed by atoms with Crippen LogP contribution in [0.3, 0.4) is 0 Å². The van der Waals surface area contributed by atoms with Crippen molar-refractivity contribution in [1.82, 2.24) is 14.5 Å². The second-order valence-corrected chi connectivity index (χ2v) is 8.63. The van der Waals surface area contributed by atoms with Crippen LogP contribution in [-0.4, -0.2) is 24.7 Å². The summed E-state index contributed by atoms with van der Waals surface area (Å²) < 4.78 is 28.7. The number of aromatic nitrogens is 2. The molecule has 0 saturated carbocycles. The summed E-state index contributed by atoms with van der Waals surface area (Å²) in [4.78, 5) is 12.3. The smallest absolute Gasteiger partial charge is 0.266 e. The second-order valence-electron chi connectivity index (χ2n) is 6.43. The number of nitrogens with zero attached hydrogens (tertiary/aromatic N) is 2. The molecule has 0 saturated heterocycles. The third kappa shape index (κ3) is 4.67. The number of benzene rings is 2. The summed E-state index contributed by atoms with van der Waals surface area (Å²) in [6.45, 7) is 3.95. The summed E-state index contributed by atoms with van der Waals surface area (Å²) in [5, 5.41) is 4.93. The molecule has 2 aromatic carbocycles. The van der Waals surface area contributed by atoms with Gasteiger partial charge < -0.3 is 0 Å². The van der Waals surface area contributed by atoms with E-state index in [0.29, 0.717) is 10.7 Å². The Labute approximate surface area is 168 Å². The van der Waals surface area contributed by atoms with Gasteiger partial charge in [0.1, 0.15) is 0 Å². The normalized spacial score (nSPS) is 11.5. The standard InChI is InChI=1S/C20H20ClN3O3S/c1-14-3-8-18(13-15(14)2)28(26,27)22-11-12-24-20(25)10-9-19(23-24)16-4-6-17(21)7-5-16/h3-10,13,22H,11-12H2,1-2H3. The molecule has 0 atom stereocenters. The van der Waals surface area contributed by atoms with Gasteiger partial charge in [-0.05, 0) is 55.3 Å². The van der Waals surface area contributed by atoms with E-state index in [2.05, 4.69) is 9.82 Å². The Bertz CT molecular complexity index is 1160. The number of halogens is 1. The average molecular weight is 418 g/mol. The maximum absolute atomic E-state index is 12.5. The van der Waals surface area contributed by atoms with Gasteiger partial charge in [-0.25, -0.2) is 17.8 Å². The number of rotatable bonds is 6. The molecule has 0 amide bonds. The molecule has 8 heteroatoms. The lowest BCUT2D eigenvalue weighted by molar-refractivity contribution is 0.548. The highest BCUT2D eigenvalue weighted by Crippen LogP contribution is 2.18. The summed E-state index contributed by atoms with van der Waals surface area (Å²) in [5.74, 6) is 0. The molecule has 6 nitrogen and oxygen atoms in total. The van der Waals surface area contributed by atoms with Gasteiger partial charge in [0.25, 0.3) is 5.56 Å². The van der Waals surface area contributed by atoms with E-state index in [-0.39, 0.29) is 23.5 Å². The van der Waals surface area contributed by atoms with Gasteiger partial charge in [0.2, 0.25) is 10.0 Å². The van der Waals surface area contributed by atoms with E-state index in [4.69, 9.17) is 11.6 Å². The fraction of sp³-hybridized carbons (Fsp3) is 0.200. The molecule has 1 heterocycles. The van der Waals surface area contributed by atoms with Crippen LogP contribution in [0.25, 0.3) is 11.3 Å². The molecule has 0 spiro atoms. The Hall–Kier alpha value is -2.48. The summed E-state index contributed by atoms with van der Waals surface area (Å²) in [5.41, 5.74) is 3.04. The van der Waals surface area contributed by atoms with Crippen LogP contribution in [-0.2, 0) is 16.6 Å². The van der Waals surface area contributed by atoms with E-state index in [0.717, 1.165) is 16.7 Å². The topological polar surface area (TPSA) is 81.1 Å². The lowest BCUT2D eigenvalue weighted by atomic mass is 10.1. The molecule has 0 unspecified atom stereocenters. The second kappa shape index (κ2) is 8.26.